The lowest BCUT2D eigenvalue weighted by molar-refractivity contribution is 0.112. The molecule has 0 N–H and O–H groups in total. The van der Waals surface area contributed by atoms with Gasteiger partial charge in [-0.25, -0.2) is 0 Å². The van der Waals surface area contributed by atoms with Crippen molar-refractivity contribution < 1.29 is 4.79 Å². The van der Waals surface area contributed by atoms with Gasteiger partial charge in [-0.3, -0.25) is 4.79 Å². The van der Waals surface area contributed by atoms with Crippen LogP contribution in [0.15, 0.2) is 18.2 Å². The molecule has 0 aliphatic rings. The van der Waals surface area contributed by atoms with Crippen LogP contribution in [0.4, 0.5) is 0 Å². The average molecular weight is 198 g/mol. The zero-order chi connectivity index (χ0) is 11.0. The topological polar surface area (TPSA) is 45.8 Å². The van der Waals surface area contributed by atoms with Crippen molar-refractivity contribution in [1.82, 2.24) is 4.57 Å². The van der Waals surface area contributed by atoms with Gasteiger partial charge in [-0.15, -0.1) is 0 Å². The van der Waals surface area contributed by atoms with Crippen molar-refractivity contribution in [3.8, 4) is 6.07 Å². The van der Waals surface area contributed by atoms with Gasteiger partial charge in [0.15, 0.2) is 6.29 Å². The van der Waals surface area contributed by atoms with E-state index in [9.17, 15) is 4.79 Å². The van der Waals surface area contributed by atoms with Crippen molar-refractivity contribution in [2.24, 2.45) is 7.05 Å². The molecule has 2 aromatic rings. The first-order valence-corrected chi connectivity index (χ1v) is 4.64. The van der Waals surface area contributed by atoms with Crippen LogP contribution in [0.3, 0.4) is 0 Å². The maximum Gasteiger partial charge on any atom is 0.152 e. The molecule has 2 rings (SSSR count). The minimum Gasteiger partial charge on any atom is -0.346 e. The monoisotopic (exact) mass is 198 g/mol. The largest absolute Gasteiger partial charge is 0.346 e. The summed E-state index contributed by atoms with van der Waals surface area (Å²) < 4.78 is 1.89. The Kier molecular flexibility index (Phi) is 2.05. The maximum absolute atomic E-state index is 11.0. The van der Waals surface area contributed by atoms with Crippen molar-refractivity contribution in [3.05, 3.63) is 35.0 Å². The summed E-state index contributed by atoms with van der Waals surface area (Å²) in [7, 11) is 1.87. The van der Waals surface area contributed by atoms with E-state index < -0.39 is 0 Å². The molecule has 0 saturated carbocycles. The SMILES string of the molecule is Cc1c(C=O)c2cccc(C#N)c2n1C. The fourth-order valence-corrected chi connectivity index (χ4v) is 1.90. The van der Waals surface area contributed by atoms with Gasteiger partial charge in [-0.1, -0.05) is 12.1 Å². The number of aldehydes is 1. The van der Waals surface area contributed by atoms with Crippen molar-refractivity contribution in [1.29, 1.82) is 5.26 Å². The van der Waals surface area contributed by atoms with Crippen LogP contribution in [-0.2, 0) is 7.05 Å². The van der Waals surface area contributed by atoms with Crippen LogP contribution in [0.25, 0.3) is 10.9 Å². The molecular formula is C12H10N2O. The first kappa shape index (κ1) is 9.47. The van der Waals surface area contributed by atoms with E-state index in [0.717, 1.165) is 22.9 Å². The fraction of sp³-hybridized carbons (Fsp3) is 0.167. The molecule has 0 atom stereocenters. The summed E-state index contributed by atoms with van der Waals surface area (Å²) in [6.45, 7) is 1.88. The van der Waals surface area contributed by atoms with Crippen LogP contribution in [-0.4, -0.2) is 10.9 Å². The number of para-hydroxylation sites is 1. The number of fused-ring (bicyclic) bond motifs is 1. The summed E-state index contributed by atoms with van der Waals surface area (Å²) in [6.07, 6.45) is 0.846. The molecule has 0 fully saturated rings. The van der Waals surface area contributed by atoms with E-state index in [1.165, 1.54) is 0 Å². The molecule has 1 heterocycles. The molecule has 0 amide bonds. The van der Waals surface area contributed by atoms with E-state index in [4.69, 9.17) is 5.26 Å². The molecule has 0 saturated heterocycles. The Bertz CT molecular complexity index is 588. The minimum absolute atomic E-state index is 0.603. The number of aromatic nitrogens is 1. The number of benzene rings is 1. The summed E-state index contributed by atoms with van der Waals surface area (Å²) in [5.41, 5.74) is 3.00. The second kappa shape index (κ2) is 3.25. The van der Waals surface area contributed by atoms with E-state index in [-0.39, 0.29) is 0 Å². The quantitative estimate of drug-likeness (QED) is 0.659. The van der Waals surface area contributed by atoms with Gasteiger partial charge in [0, 0.05) is 23.7 Å². The first-order valence-electron chi connectivity index (χ1n) is 4.64. The van der Waals surface area contributed by atoms with E-state index in [2.05, 4.69) is 6.07 Å². The summed E-state index contributed by atoms with van der Waals surface area (Å²) in [5.74, 6) is 0. The van der Waals surface area contributed by atoms with Gasteiger partial charge >= 0.3 is 0 Å². The molecule has 1 aromatic heterocycles. The number of hydrogen-bond acceptors (Lipinski definition) is 2. The molecule has 3 heteroatoms. The van der Waals surface area contributed by atoms with E-state index in [0.29, 0.717) is 11.1 Å². The zero-order valence-corrected chi connectivity index (χ0v) is 8.61. The number of nitrogens with zero attached hydrogens (tertiary/aromatic N) is 2. The molecule has 15 heavy (non-hydrogen) atoms. The number of aryl methyl sites for hydroxylation is 1. The smallest absolute Gasteiger partial charge is 0.152 e. The van der Waals surface area contributed by atoms with Gasteiger partial charge in [0.05, 0.1) is 11.1 Å². The van der Waals surface area contributed by atoms with Gasteiger partial charge in [-0.05, 0) is 13.0 Å². The highest BCUT2D eigenvalue weighted by atomic mass is 16.1. The number of carbonyl (C=O) groups is 1. The van der Waals surface area contributed by atoms with Crippen molar-refractivity contribution in [2.75, 3.05) is 0 Å². The van der Waals surface area contributed by atoms with Crippen LogP contribution >= 0.6 is 0 Å². The minimum atomic E-state index is 0.603. The molecule has 0 bridgehead atoms. The van der Waals surface area contributed by atoms with E-state index >= 15 is 0 Å². The molecule has 0 radical (unpaired) electrons. The second-order valence-corrected chi connectivity index (χ2v) is 3.49. The normalized spacial score (nSPS) is 10.2. The summed E-state index contributed by atoms with van der Waals surface area (Å²) in [4.78, 5) is 11.0. The molecule has 1 aromatic carbocycles. The predicted octanol–water partition coefficient (Wildman–Crippen LogP) is 2.17. The Morgan fingerprint density at radius 3 is 2.80 bits per heavy atom. The predicted molar refractivity (Wildman–Crippen MR) is 57.8 cm³/mol. The Labute approximate surface area is 87.5 Å². The molecular weight excluding hydrogens is 188 g/mol. The van der Waals surface area contributed by atoms with Crippen LogP contribution in [0.2, 0.25) is 0 Å². The van der Waals surface area contributed by atoms with Crippen LogP contribution in [0.1, 0.15) is 21.6 Å². The molecule has 0 aliphatic heterocycles. The third kappa shape index (κ3) is 1.15. The lowest BCUT2D eigenvalue weighted by Gasteiger charge is -1.99. The van der Waals surface area contributed by atoms with Gasteiger partial charge in [0.1, 0.15) is 6.07 Å². The highest BCUT2D eigenvalue weighted by Gasteiger charge is 2.13. The molecule has 0 aliphatic carbocycles. The van der Waals surface area contributed by atoms with Crippen LogP contribution in [0, 0.1) is 18.3 Å². The lowest BCUT2D eigenvalue weighted by atomic mass is 10.1. The number of rotatable bonds is 1. The van der Waals surface area contributed by atoms with Gasteiger partial charge in [-0.2, -0.15) is 5.26 Å². The van der Waals surface area contributed by atoms with Crippen molar-refractivity contribution in [3.63, 3.8) is 0 Å². The Hall–Kier alpha value is -2.08. The van der Waals surface area contributed by atoms with Gasteiger partial charge < -0.3 is 4.57 Å². The fourth-order valence-electron chi connectivity index (χ4n) is 1.90. The highest BCUT2D eigenvalue weighted by Crippen LogP contribution is 2.25. The zero-order valence-electron chi connectivity index (χ0n) is 8.61. The number of hydrogen-bond donors (Lipinski definition) is 0. The average Bonchev–Trinajstić information content (AvgIpc) is 2.51. The van der Waals surface area contributed by atoms with E-state index in [1.54, 1.807) is 12.1 Å². The second-order valence-electron chi connectivity index (χ2n) is 3.49. The number of carbonyl (C=O) groups excluding carboxylic acids is 1. The molecule has 0 unspecified atom stereocenters. The third-order valence-corrected chi connectivity index (χ3v) is 2.79. The van der Waals surface area contributed by atoms with Gasteiger partial charge in [0.2, 0.25) is 0 Å². The van der Waals surface area contributed by atoms with Gasteiger partial charge in [0.25, 0.3) is 0 Å². The Morgan fingerprint density at radius 1 is 1.47 bits per heavy atom. The summed E-state index contributed by atoms with van der Waals surface area (Å²) >= 11 is 0. The Balaban J connectivity index is 3.04. The molecule has 3 nitrogen and oxygen atoms in total. The molecule has 0 spiro atoms. The van der Waals surface area contributed by atoms with Crippen molar-refractivity contribution in [2.45, 2.75) is 6.92 Å². The van der Waals surface area contributed by atoms with Crippen LogP contribution in [0.5, 0.6) is 0 Å². The van der Waals surface area contributed by atoms with E-state index in [1.807, 2.05) is 24.6 Å². The summed E-state index contributed by atoms with van der Waals surface area (Å²) in [5, 5.41) is 9.83. The third-order valence-electron chi connectivity index (χ3n) is 2.79. The maximum atomic E-state index is 11.0. The first-order chi connectivity index (χ1) is 7.20. The number of nitriles is 1. The lowest BCUT2D eigenvalue weighted by Crippen LogP contribution is -1.93. The highest BCUT2D eigenvalue weighted by molar-refractivity contribution is 6.01. The Morgan fingerprint density at radius 2 is 2.20 bits per heavy atom. The summed E-state index contributed by atoms with van der Waals surface area (Å²) in [6, 6.07) is 7.57. The van der Waals surface area contributed by atoms with Crippen LogP contribution < -0.4 is 0 Å². The van der Waals surface area contributed by atoms with Crippen molar-refractivity contribution >= 4 is 17.2 Å². The standard InChI is InChI=1S/C12H10N2O/c1-8-11(7-15)10-5-3-4-9(6-13)12(10)14(8)2/h3-5,7H,1-2H3. The molecule has 74 valence electrons.